The van der Waals surface area contributed by atoms with Gasteiger partial charge in [-0.2, -0.15) is 0 Å². The Kier molecular flexibility index (Phi) is 1.96. The highest BCUT2D eigenvalue weighted by Gasteiger charge is 1.99. The summed E-state index contributed by atoms with van der Waals surface area (Å²) in [5.74, 6) is 1.21. The van der Waals surface area contributed by atoms with Crippen LogP contribution in [0.2, 0.25) is 0 Å². The molecule has 0 aliphatic heterocycles. The summed E-state index contributed by atoms with van der Waals surface area (Å²) >= 11 is 0. The largest absolute Gasteiger partial charge is 0.449 e. The molecule has 0 saturated carbocycles. The Bertz CT molecular complexity index is 366. The molecule has 0 aromatic carbocycles. The molecule has 0 fully saturated rings. The number of rotatable bonds is 2. The highest BCUT2D eigenvalue weighted by molar-refractivity contribution is 5.30. The Morgan fingerprint density at radius 1 is 1.31 bits per heavy atom. The summed E-state index contributed by atoms with van der Waals surface area (Å²) in [4.78, 5) is 7.98. The average molecular weight is 175 g/mol. The van der Waals surface area contributed by atoms with Crippen molar-refractivity contribution in [2.75, 3.05) is 5.73 Å². The Labute approximate surface area is 75.4 Å². The van der Waals surface area contributed by atoms with Gasteiger partial charge in [0.1, 0.15) is 12.1 Å². The lowest BCUT2D eigenvalue weighted by molar-refractivity contribution is 0.506. The molecular formula is C9H9N3O. The lowest BCUT2D eigenvalue weighted by atomic mass is 10.2. The van der Waals surface area contributed by atoms with Gasteiger partial charge in [-0.25, -0.2) is 9.97 Å². The van der Waals surface area contributed by atoms with Gasteiger partial charge in [-0.3, -0.25) is 0 Å². The van der Waals surface area contributed by atoms with Crippen molar-refractivity contribution in [2.24, 2.45) is 0 Å². The molecule has 2 N–H and O–H groups in total. The zero-order valence-electron chi connectivity index (χ0n) is 6.97. The van der Waals surface area contributed by atoms with E-state index >= 15 is 0 Å². The summed E-state index contributed by atoms with van der Waals surface area (Å²) in [5.41, 5.74) is 6.49. The van der Waals surface area contributed by atoms with Crippen LogP contribution in [0.25, 0.3) is 0 Å². The van der Waals surface area contributed by atoms with E-state index in [2.05, 4.69) is 9.97 Å². The number of hydrogen-bond donors (Lipinski definition) is 1. The summed E-state index contributed by atoms with van der Waals surface area (Å²) in [7, 11) is 0. The fourth-order valence-electron chi connectivity index (χ4n) is 1.06. The summed E-state index contributed by atoms with van der Waals surface area (Å²) in [5, 5.41) is 0. The van der Waals surface area contributed by atoms with E-state index in [1.54, 1.807) is 24.7 Å². The molecule has 0 unspecified atom stereocenters. The Hall–Kier alpha value is -1.84. The van der Waals surface area contributed by atoms with Gasteiger partial charge in [0.2, 0.25) is 0 Å². The fraction of sp³-hybridized carbons (Fsp3) is 0.111. The molecule has 4 heteroatoms. The third-order valence-corrected chi connectivity index (χ3v) is 1.69. The van der Waals surface area contributed by atoms with E-state index in [-0.39, 0.29) is 0 Å². The minimum atomic E-state index is 0.524. The van der Waals surface area contributed by atoms with Crippen molar-refractivity contribution in [2.45, 2.75) is 6.42 Å². The molecule has 2 aromatic rings. The Morgan fingerprint density at radius 3 is 2.85 bits per heavy atom. The van der Waals surface area contributed by atoms with Crippen LogP contribution in [0.3, 0.4) is 0 Å². The summed E-state index contributed by atoms with van der Waals surface area (Å²) < 4.78 is 5.10. The smallest absolute Gasteiger partial charge is 0.198 e. The molecule has 0 amide bonds. The second kappa shape index (κ2) is 3.26. The fourth-order valence-corrected chi connectivity index (χ4v) is 1.06. The second-order valence-electron chi connectivity index (χ2n) is 2.69. The first-order chi connectivity index (χ1) is 6.34. The van der Waals surface area contributed by atoms with E-state index in [0.717, 1.165) is 5.56 Å². The lowest BCUT2D eigenvalue weighted by Gasteiger charge is -1.96. The van der Waals surface area contributed by atoms with Crippen molar-refractivity contribution in [3.05, 3.63) is 42.2 Å². The van der Waals surface area contributed by atoms with Crippen LogP contribution in [0, 0.1) is 0 Å². The molecule has 2 aromatic heterocycles. The quantitative estimate of drug-likeness (QED) is 0.745. The summed E-state index contributed by atoms with van der Waals surface area (Å²) in [6, 6.07) is 3.67. The van der Waals surface area contributed by atoms with Gasteiger partial charge in [-0.05, 0) is 11.6 Å². The second-order valence-corrected chi connectivity index (χ2v) is 2.69. The van der Waals surface area contributed by atoms with Crippen molar-refractivity contribution in [3.63, 3.8) is 0 Å². The average Bonchev–Trinajstić information content (AvgIpc) is 2.62. The van der Waals surface area contributed by atoms with E-state index in [1.807, 2.05) is 6.07 Å². The van der Waals surface area contributed by atoms with Crippen LogP contribution < -0.4 is 5.73 Å². The normalized spacial score (nSPS) is 10.2. The first kappa shape index (κ1) is 7.79. The minimum absolute atomic E-state index is 0.524. The topological polar surface area (TPSA) is 64.9 Å². The van der Waals surface area contributed by atoms with Crippen molar-refractivity contribution in [3.8, 4) is 0 Å². The number of aromatic nitrogens is 2. The van der Waals surface area contributed by atoms with Crippen molar-refractivity contribution in [1.82, 2.24) is 9.97 Å². The van der Waals surface area contributed by atoms with Gasteiger partial charge in [0.25, 0.3) is 0 Å². The minimum Gasteiger partial charge on any atom is -0.449 e. The van der Waals surface area contributed by atoms with Gasteiger partial charge in [0.15, 0.2) is 5.89 Å². The van der Waals surface area contributed by atoms with Gasteiger partial charge < -0.3 is 10.2 Å². The third-order valence-electron chi connectivity index (χ3n) is 1.69. The van der Waals surface area contributed by atoms with E-state index in [9.17, 15) is 0 Å². The Morgan fingerprint density at radius 2 is 2.23 bits per heavy atom. The molecule has 0 bridgehead atoms. The zero-order chi connectivity index (χ0) is 9.10. The van der Waals surface area contributed by atoms with E-state index in [0.29, 0.717) is 18.1 Å². The summed E-state index contributed by atoms with van der Waals surface area (Å²) in [6.07, 6.45) is 5.56. The van der Waals surface area contributed by atoms with Crippen molar-refractivity contribution >= 4 is 5.82 Å². The zero-order valence-corrected chi connectivity index (χ0v) is 6.97. The monoisotopic (exact) mass is 175 g/mol. The van der Waals surface area contributed by atoms with Crippen molar-refractivity contribution < 1.29 is 4.42 Å². The molecule has 13 heavy (non-hydrogen) atoms. The first-order valence-electron chi connectivity index (χ1n) is 3.93. The van der Waals surface area contributed by atoms with Gasteiger partial charge >= 0.3 is 0 Å². The molecule has 0 aliphatic rings. The van der Waals surface area contributed by atoms with Crippen LogP contribution in [0.15, 0.2) is 35.2 Å². The van der Waals surface area contributed by atoms with Crippen LogP contribution in [0.4, 0.5) is 5.82 Å². The molecule has 2 heterocycles. The Balaban J connectivity index is 2.15. The van der Waals surface area contributed by atoms with Crippen LogP contribution in [-0.2, 0) is 6.42 Å². The number of nitrogen functional groups attached to an aromatic ring is 1. The van der Waals surface area contributed by atoms with Gasteiger partial charge in [-0.1, -0.05) is 6.07 Å². The van der Waals surface area contributed by atoms with E-state index in [1.165, 1.54) is 0 Å². The lowest BCUT2D eigenvalue weighted by Crippen LogP contribution is -1.92. The number of hydrogen-bond acceptors (Lipinski definition) is 4. The van der Waals surface area contributed by atoms with Crippen LogP contribution in [0.5, 0.6) is 0 Å². The molecular weight excluding hydrogens is 166 g/mol. The van der Waals surface area contributed by atoms with E-state index in [4.69, 9.17) is 10.2 Å². The van der Waals surface area contributed by atoms with E-state index < -0.39 is 0 Å². The first-order valence-corrected chi connectivity index (χ1v) is 3.93. The molecule has 2 rings (SSSR count). The number of nitrogens with zero attached hydrogens (tertiary/aromatic N) is 2. The highest BCUT2D eigenvalue weighted by Crippen LogP contribution is 2.07. The molecule has 4 nitrogen and oxygen atoms in total. The molecule has 0 aliphatic carbocycles. The van der Waals surface area contributed by atoms with Gasteiger partial charge in [0.05, 0.1) is 12.6 Å². The van der Waals surface area contributed by atoms with Crippen LogP contribution >= 0.6 is 0 Å². The standard InChI is InChI=1S/C9H9N3O/c10-8-2-1-7(6-12-8)5-9-11-3-4-13-9/h1-4,6H,5H2,(H2,10,12). The predicted molar refractivity (Wildman–Crippen MR) is 48.0 cm³/mol. The maximum absolute atomic E-state index is 5.45. The van der Waals surface area contributed by atoms with Crippen LogP contribution in [0.1, 0.15) is 11.5 Å². The van der Waals surface area contributed by atoms with Gasteiger partial charge in [0, 0.05) is 6.20 Å². The molecule has 0 radical (unpaired) electrons. The third kappa shape index (κ3) is 1.84. The molecule has 66 valence electrons. The maximum atomic E-state index is 5.45. The highest BCUT2D eigenvalue weighted by atomic mass is 16.3. The predicted octanol–water partition coefficient (Wildman–Crippen LogP) is 1.24. The van der Waals surface area contributed by atoms with Gasteiger partial charge in [-0.15, -0.1) is 0 Å². The van der Waals surface area contributed by atoms with Crippen LogP contribution in [-0.4, -0.2) is 9.97 Å². The number of nitrogens with two attached hydrogens (primary N) is 1. The molecule has 0 atom stereocenters. The SMILES string of the molecule is Nc1ccc(Cc2ncco2)cn1. The molecule has 0 saturated heterocycles. The maximum Gasteiger partial charge on any atom is 0.198 e. The number of pyridine rings is 1. The summed E-state index contributed by atoms with van der Waals surface area (Å²) in [6.45, 7) is 0. The number of anilines is 1. The molecule has 0 spiro atoms. The number of oxazole rings is 1. The van der Waals surface area contributed by atoms with Crippen molar-refractivity contribution in [1.29, 1.82) is 0 Å².